The molecule has 0 spiro atoms. The Morgan fingerprint density at radius 2 is 1.36 bits per heavy atom. The average molecular weight is 585 g/mol. The van der Waals surface area contributed by atoms with Crippen LogP contribution < -0.4 is 0 Å². The molecule has 0 saturated carbocycles. The maximum absolute atomic E-state index is 11.5. The number of benzene rings is 2. The number of unbranched alkanes of at least 4 members (excludes halogenated alkanes) is 6. The topological polar surface area (TPSA) is 83.5 Å². The number of ether oxygens (including phenoxy) is 5. The van der Waals surface area contributed by atoms with Gasteiger partial charge < -0.3 is 28.8 Å². The molecule has 7 nitrogen and oxygen atoms in total. The number of rotatable bonds is 20. The fourth-order valence-corrected chi connectivity index (χ4v) is 5.47. The van der Waals surface area contributed by atoms with Crippen molar-refractivity contribution in [3.63, 3.8) is 0 Å². The Hall–Kier alpha value is -2.29. The standard InChI is InChI=1S/C35H52O7/c1-4-18-30(23-16-8-6-5-7-9-17-24-31(36)38-3)42-35-32(37)34(40-26-29-21-14-11-15-22-29)33(27(2)41-35)39-25-28-19-12-10-13-20-28/h10-15,19-22,27,30,32-35,37H,4-9,16-18,23-26H2,1-3H3/t27-,30+,32-,33-,34-,35+/m1/s1. The van der Waals surface area contributed by atoms with Gasteiger partial charge in [-0.05, 0) is 37.3 Å². The number of aliphatic hydroxyl groups excluding tert-OH is 1. The summed E-state index contributed by atoms with van der Waals surface area (Å²) in [7, 11) is 1.44. The fraction of sp³-hybridized carbons (Fsp3) is 0.629. The normalized spacial score (nSPS) is 23.0. The lowest BCUT2D eigenvalue weighted by Crippen LogP contribution is -2.59. The first kappa shape index (κ1) is 34.2. The lowest BCUT2D eigenvalue weighted by atomic mass is 9.98. The number of hydrogen-bond donors (Lipinski definition) is 1. The van der Waals surface area contributed by atoms with Crippen molar-refractivity contribution >= 4 is 5.97 Å². The van der Waals surface area contributed by atoms with Gasteiger partial charge in [-0.25, -0.2) is 0 Å². The van der Waals surface area contributed by atoms with Gasteiger partial charge in [-0.15, -0.1) is 0 Å². The third kappa shape index (κ3) is 12.1. The van der Waals surface area contributed by atoms with Crippen molar-refractivity contribution in [3.05, 3.63) is 71.8 Å². The summed E-state index contributed by atoms with van der Waals surface area (Å²) >= 11 is 0. The van der Waals surface area contributed by atoms with Gasteiger partial charge >= 0.3 is 5.97 Å². The van der Waals surface area contributed by atoms with E-state index in [0.29, 0.717) is 19.6 Å². The number of carbonyl (C=O) groups excluding carboxylic acids is 1. The maximum Gasteiger partial charge on any atom is 0.305 e. The molecule has 0 amide bonds. The molecule has 0 bridgehead atoms. The molecule has 7 heteroatoms. The van der Waals surface area contributed by atoms with Crippen molar-refractivity contribution in [2.75, 3.05) is 7.11 Å². The highest BCUT2D eigenvalue weighted by Gasteiger charge is 2.46. The van der Waals surface area contributed by atoms with Gasteiger partial charge in [-0.3, -0.25) is 4.79 Å². The smallest absolute Gasteiger partial charge is 0.305 e. The summed E-state index contributed by atoms with van der Waals surface area (Å²) in [5.41, 5.74) is 2.10. The van der Waals surface area contributed by atoms with Crippen molar-refractivity contribution in [1.29, 1.82) is 0 Å². The molecule has 1 heterocycles. The molecule has 6 atom stereocenters. The monoisotopic (exact) mass is 584 g/mol. The molecule has 1 aliphatic heterocycles. The van der Waals surface area contributed by atoms with E-state index in [-0.39, 0.29) is 18.2 Å². The first-order valence-electron chi connectivity index (χ1n) is 15.9. The van der Waals surface area contributed by atoms with E-state index in [1.165, 1.54) is 20.0 Å². The summed E-state index contributed by atoms with van der Waals surface area (Å²) in [6.45, 7) is 4.90. The quantitative estimate of drug-likeness (QED) is 0.131. The van der Waals surface area contributed by atoms with Crippen LogP contribution in [0, 0.1) is 0 Å². The van der Waals surface area contributed by atoms with Crippen molar-refractivity contribution in [2.45, 2.75) is 135 Å². The summed E-state index contributed by atoms with van der Waals surface area (Å²) in [5, 5.41) is 11.5. The van der Waals surface area contributed by atoms with Gasteiger partial charge in [0, 0.05) is 6.42 Å². The third-order valence-corrected chi connectivity index (χ3v) is 7.89. The Morgan fingerprint density at radius 1 is 0.810 bits per heavy atom. The summed E-state index contributed by atoms with van der Waals surface area (Å²) in [6.07, 6.45) is 7.93. The summed E-state index contributed by atoms with van der Waals surface area (Å²) in [6, 6.07) is 20.0. The second-order valence-corrected chi connectivity index (χ2v) is 11.4. The van der Waals surface area contributed by atoms with E-state index in [1.54, 1.807) is 0 Å². The van der Waals surface area contributed by atoms with Crippen molar-refractivity contribution in [3.8, 4) is 0 Å². The van der Waals surface area contributed by atoms with Crippen LogP contribution in [0.3, 0.4) is 0 Å². The molecule has 42 heavy (non-hydrogen) atoms. The van der Waals surface area contributed by atoms with Crippen LogP contribution in [0.5, 0.6) is 0 Å². The van der Waals surface area contributed by atoms with Gasteiger partial charge in [-0.2, -0.15) is 0 Å². The molecule has 2 aromatic carbocycles. The average Bonchev–Trinajstić information content (AvgIpc) is 3.01. The van der Waals surface area contributed by atoms with Gasteiger partial charge in [0.2, 0.25) is 0 Å². The molecule has 234 valence electrons. The lowest BCUT2D eigenvalue weighted by molar-refractivity contribution is -0.319. The predicted molar refractivity (Wildman–Crippen MR) is 164 cm³/mol. The highest BCUT2D eigenvalue weighted by atomic mass is 16.7. The minimum atomic E-state index is -0.977. The summed E-state index contributed by atoms with van der Waals surface area (Å²) in [4.78, 5) is 11.2. The zero-order chi connectivity index (χ0) is 30.0. The molecule has 2 aromatic rings. The van der Waals surface area contributed by atoms with Crippen molar-refractivity contribution in [2.24, 2.45) is 0 Å². The van der Waals surface area contributed by atoms with Crippen LogP contribution in [0.1, 0.15) is 95.6 Å². The van der Waals surface area contributed by atoms with Crippen molar-refractivity contribution < 1.29 is 33.6 Å². The van der Waals surface area contributed by atoms with Gasteiger partial charge in [-0.1, -0.05) is 113 Å². The van der Waals surface area contributed by atoms with Crippen LogP contribution >= 0.6 is 0 Å². The fourth-order valence-electron chi connectivity index (χ4n) is 5.47. The largest absolute Gasteiger partial charge is 0.469 e. The molecule has 0 aliphatic carbocycles. The minimum Gasteiger partial charge on any atom is -0.469 e. The van der Waals surface area contributed by atoms with Crippen LogP contribution in [0.25, 0.3) is 0 Å². The number of methoxy groups -OCH3 is 1. The Bertz CT molecular complexity index is 970. The molecule has 1 saturated heterocycles. The van der Waals surface area contributed by atoms with Crippen LogP contribution in [0.2, 0.25) is 0 Å². The van der Waals surface area contributed by atoms with E-state index in [2.05, 4.69) is 6.92 Å². The van der Waals surface area contributed by atoms with Gasteiger partial charge in [0.05, 0.1) is 32.5 Å². The summed E-state index contributed by atoms with van der Waals surface area (Å²) < 4.78 is 30.1. The molecule has 0 unspecified atom stereocenters. The molecular weight excluding hydrogens is 532 g/mol. The molecular formula is C35H52O7. The number of aliphatic hydroxyl groups is 1. The molecule has 0 aromatic heterocycles. The molecule has 1 aliphatic rings. The lowest BCUT2D eigenvalue weighted by Gasteiger charge is -2.44. The highest BCUT2D eigenvalue weighted by Crippen LogP contribution is 2.30. The second-order valence-electron chi connectivity index (χ2n) is 11.4. The maximum atomic E-state index is 11.5. The van der Waals surface area contributed by atoms with Gasteiger partial charge in [0.1, 0.15) is 18.3 Å². The van der Waals surface area contributed by atoms with Crippen molar-refractivity contribution in [1.82, 2.24) is 0 Å². The van der Waals surface area contributed by atoms with Crippen LogP contribution in [0.4, 0.5) is 0 Å². The van der Waals surface area contributed by atoms with E-state index >= 15 is 0 Å². The molecule has 3 rings (SSSR count). The first-order chi connectivity index (χ1) is 20.5. The zero-order valence-electron chi connectivity index (χ0n) is 25.8. The molecule has 0 radical (unpaired) electrons. The highest BCUT2D eigenvalue weighted by molar-refractivity contribution is 5.68. The first-order valence-corrected chi connectivity index (χ1v) is 15.9. The van der Waals surface area contributed by atoms with E-state index in [1.807, 2.05) is 67.6 Å². The Kier molecular flexibility index (Phi) is 16.1. The SMILES string of the molecule is CCC[C@@H](CCCCCCCCCC(=O)OC)O[C@@H]1O[C@H](C)[C@@H](OCc2ccccc2)[C@H](OCc2ccccc2)[C@H]1O. The van der Waals surface area contributed by atoms with E-state index in [0.717, 1.165) is 62.5 Å². The summed E-state index contributed by atoms with van der Waals surface area (Å²) in [5.74, 6) is -0.122. The van der Waals surface area contributed by atoms with Crippen LogP contribution in [-0.2, 0) is 41.7 Å². The van der Waals surface area contributed by atoms with Gasteiger partial charge in [0.25, 0.3) is 0 Å². The predicted octanol–water partition coefficient (Wildman–Crippen LogP) is 7.13. The Labute approximate surface area is 252 Å². The Balaban J connectivity index is 1.51. The van der Waals surface area contributed by atoms with E-state index < -0.39 is 24.6 Å². The zero-order valence-corrected chi connectivity index (χ0v) is 25.8. The second kappa shape index (κ2) is 19.8. The number of esters is 1. The van der Waals surface area contributed by atoms with Crippen LogP contribution in [-0.4, -0.2) is 55.0 Å². The number of hydrogen-bond acceptors (Lipinski definition) is 7. The third-order valence-electron chi connectivity index (χ3n) is 7.89. The molecule has 1 N–H and O–H groups in total. The van der Waals surface area contributed by atoms with E-state index in [9.17, 15) is 9.90 Å². The molecule has 1 fully saturated rings. The van der Waals surface area contributed by atoms with E-state index in [4.69, 9.17) is 23.7 Å². The Morgan fingerprint density at radius 3 is 1.93 bits per heavy atom. The minimum absolute atomic E-state index is 0.0125. The number of carbonyl (C=O) groups is 1. The van der Waals surface area contributed by atoms with Crippen LogP contribution in [0.15, 0.2) is 60.7 Å². The van der Waals surface area contributed by atoms with Gasteiger partial charge in [0.15, 0.2) is 6.29 Å².